The summed E-state index contributed by atoms with van der Waals surface area (Å²) in [5, 5.41) is 0. The van der Waals surface area contributed by atoms with E-state index in [2.05, 4.69) is 9.97 Å². The highest BCUT2D eigenvalue weighted by atomic mass is 14.9. The lowest BCUT2D eigenvalue weighted by Gasteiger charge is -2.59. The summed E-state index contributed by atoms with van der Waals surface area (Å²) in [5.41, 5.74) is 7.05. The molecule has 1 aromatic heterocycles. The summed E-state index contributed by atoms with van der Waals surface area (Å²) in [5.74, 6) is 4.02. The third-order valence-electron chi connectivity index (χ3n) is 5.84. The predicted molar refractivity (Wildman–Crippen MR) is 70.9 cm³/mol. The minimum atomic E-state index is 0.303. The Labute approximate surface area is 109 Å². The van der Waals surface area contributed by atoms with Crippen LogP contribution in [0.4, 0.5) is 0 Å². The molecule has 3 heteroatoms. The summed E-state index contributed by atoms with van der Waals surface area (Å²) < 4.78 is 0. The van der Waals surface area contributed by atoms with Crippen LogP contribution in [0.15, 0.2) is 12.4 Å². The Hall–Kier alpha value is -0.830. The van der Waals surface area contributed by atoms with Gasteiger partial charge in [0.15, 0.2) is 0 Å². The number of aromatic nitrogens is 2. The average Bonchev–Trinajstić information content (AvgIpc) is 2.79. The molecule has 4 aliphatic carbocycles. The number of H-pyrrole nitrogens is 1. The molecule has 0 saturated heterocycles. The monoisotopic (exact) mass is 245 g/mol. The maximum absolute atomic E-state index is 6.60. The van der Waals surface area contributed by atoms with Crippen LogP contribution in [0.3, 0.4) is 0 Å². The molecule has 0 radical (unpaired) electrons. The van der Waals surface area contributed by atoms with Crippen molar-refractivity contribution in [2.24, 2.45) is 28.9 Å². The normalized spacial score (nSPS) is 43.3. The molecule has 1 atom stereocenters. The van der Waals surface area contributed by atoms with E-state index in [9.17, 15) is 0 Å². The summed E-state index contributed by atoms with van der Waals surface area (Å²) in [7, 11) is 0. The van der Waals surface area contributed by atoms with Crippen LogP contribution in [-0.4, -0.2) is 16.0 Å². The molecule has 1 aromatic rings. The first-order valence-corrected chi connectivity index (χ1v) is 7.47. The van der Waals surface area contributed by atoms with Gasteiger partial charge >= 0.3 is 0 Å². The van der Waals surface area contributed by atoms with Crippen LogP contribution in [0.5, 0.6) is 0 Å². The third kappa shape index (κ3) is 1.63. The Balaban J connectivity index is 1.56. The van der Waals surface area contributed by atoms with Crippen LogP contribution >= 0.6 is 0 Å². The van der Waals surface area contributed by atoms with E-state index >= 15 is 0 Å². The zero-order chi connectivity index (χ0) is 12.2. The molecule has 4 bridgehead atoms. The van der Waals surface area contributed by atoms with Crippen LogP contribution in [-0.2, 0) is 6.42 Å². The maximum Gasteiger partial charge on any atom is 0.107 e. The maximum atomic E-state index is 6.60. The zero-order valence-electron chi connectivity index (χ0n) is 10.9. The number of nitrogens with one attached hydrogen (secondary N) is 1. The number of hydrogen-bond donors (Lipinski definition) is 2. The summed E-state index contributed by atoms with van der Waals surface area (Å²) in [4.78, 5) is 7.56. The number of rotatable bonds is 3. The van der Waals surface area contributed by atoms with E-state index in [1.165, 1.54) is 38.5 Å². The van der Waals surface area contributed by atoms with Gasteiger partial charge in [0.1, 0.15) is 5.82 Å². The topological polar surface area (TPSA) is 54.7 Å². The van der Waals surface area contributed by atoms with E-state index in [-0.39, 0.29) is 0 Å². The molecule has 3 nitrogen and oxygen atoms in total. The minimum absolute atomic E-state index is 0.303. The fourth-order valence-corrected chi connectivity index (χ4v) is 5.47. The minimum Gasteiger partial charge on any atom is -0.349 e. The first-order valence-electron chi connectivity index (χ1n) is 7.47. The summed E-state index contributed by atoms with van der Waals surface area (Å²) >= 11 is 0. The molecule has 0 aromatic carbocycles. The SMILES string of the molecule is NC(Cc1ncc[nH]1)C12CC3CC(CC(C3)C1)C2. The molecule has 0 aliphatic heterocycles. The number of nitrogens with zero attached hydrogens (tertiary/aromatic N) is 1. The fourth-order valence-electron chi connectivity index (χ4n) is 5.47. The molecule has 1 heterocycles. The second-order valence-corrected chi connectivity index (χ2v) is 7.13. The first-order chi connectivity index (χ1) is 8.73. The van der Waals surface area contributed by atoms with Crippen molar-refractivity contribution in [3.63, 3.8) is 0 Å². The number of imidazole rings is 1. The lowest BCUT2D eigenvalue weighted by Crippen LogP contribution is -2.55. The second kappa shape index (κ2) is 3.83. The van der Waals surface area contributed by atoms with Crippen molar-refractivity contribution in [1.29, 1.82) is 0 Å². The molecule has 0 spiro atoms. The number of aromatic amines is 1. The summed E-state index contributed by atoms with van der Waals surface area (Å²) in [6.45, 7) is 0. The van der Waals surface area contributed by atoms with Gasteiger partial charge in [0.2, 0.25) is 0 Å². The Morgan fingerprint density at radius 2 is 1.83 bits per heavy atom. The van der Waals surface area contributed by atoms with Gasteiger partial charge in [0.05, 0.1) is 0 Å². The largest absolute Gasteiger partial charge is 0.349 e. The quantitative estimate of drug-likeness (QED) is 0.859. The molecule has 3 N–H and O–H groups in total. The van der Waals surface area contributed by atoms with Gasteiger partial charge < -0.3 is 10.7 Å². The van der Waals surface area contributed by atoms with Crippen molar-refractivity contribution in [3.05, 3.63) is 18.2 Å². The molecule has 5 rings (SSSR count). The molecular weight excluding hydrogens is 222 g/mol. The Bertz CT molecular complexity index is 388. The fraction of sp³-hybridized carbons (Fsp3) is 0.800. The molecule has 4 saturated carbocycles. The van der Waals surface area contributed by atoms with Gasteiger partial charge in [-0.3, -0.25) is 0 Å². The molecule has 18 heavy (non-hydrogen) atoms. The van der Waals surface area contributed by atoms with E-state index in [4.69, 9.17) is 5.73 Å². The lowest BCUT2D eigenvalue weighted by molar-refractivity contribution is -0.0670. The highest BCUT2D eigenvalue weighted by Crippen LogP contribution is 2.61. The van der Waals surface area contributed by atoms with Gasteiger partial charge in [-0.15, -0.1) is 0 Å². The Morgan fingerprint density at radius 3 is 2.33 bits per heavy atom. The average molecular weight is 245 g/mol. The van der Waals surface area contributed by atoms with E-state index in [1.807, 2.05) is 12.4 Å². The van der Waals surface area contributed by atoms with E-state index < -0.39 is 0 Å². The standard InChI is InChI=1S/C15H23N3/c16-13(6-14-17-1-2-18-14)15-7-10-3-11(8-15)5-12(4-10)9-15/h1-2,10-13H,3-9,16H2,(H,17,18). The van der Waals surface area contributed by atoms with Gasteiger partial charge in [-0.05, 0) is 61.7 Å². The van der Waals surface area contributed by atoms with Crippen molar-refractivity contribution < 1.29 is 0 Å². The smallest absolute Gasteiger partial charge is 0.107 e. The first kappa shape index (κ1) is 11.0. The van der Waals surface area contributed by atoms with Gasteiger partial charge in [-0.2, -0.15) is 0 Å². The van der Waals surface area contributed by atoms with Crippen LogP contribution in [0.25, 0.3) is 0 Å². The van der Waals surface area contributed by atoms with Crippen molar-refractivity contribution in [3.8, 4) is 0 Å². The highest BCUT2D eigenvalue weighted by molar-refractivity contribution is 5.07. The Kier molecular flexibility index (Phi) is 2.35. The van der Waals surface area contributed by atoms with Crippen molar-refractivity contribution in [2.75, 3.05) is 0 Å². The number of hydrogen-bond acceptors (Lipinski definition) is 2. The van der Waals surface area contributed by atoms with Crippen LogP contribution in [0.1, 0.15) is 44.3 Å². The third-order valence-corrected chi connectivity index (χ3v) is 5.84. The van der Waals surface area contributed by atoms with E-state index in [0.717, 1.165) is 30.0 Å². The van der Waals surface area contributed by atoms with Crippen molar-refractivity contribution >= 4 is 0 Å². The molecular formula is C15H23N3. The van der Waals surface area contributed by atoms with Gasteiger partial charge in [-0.25, -0.2) is 4.98 Å². The van der Waals surface area contributed by atoms with Crippen LogP contribution in [0, 0.1) is 23.2 Å². The van der Waals surface area contributed by atoms with Crippen LogP contribution < -0.4 is 5.73 Å². The van der Waals surface area contributed by atoms with Gasteiger partial charge in [-0.1, -0.05) is 0 Å². The number of nitrogens with two attached hydrogens (primary N) is 1. The van der Waals surface area contributed by atoms with Gasteiger partial charge in [0.25, 0.3) is 0 Å². The highest BCUT2D eigenvalue weighted by Gasteiger charge is 2.53. The Morgan fingerprint density at radius 1 is 1.22 bits per heavy atom. The molecule has 0 amide bonds. The molecule has 98 valence electrons. The van der Waals surface area contributed by atoms with Crippen LogP contribution in [0.2, 0.25) is 0 Å². The van der Waals surface area contributed by atoms with Crippen molar-refractivity contribution in [1.82, 2.24) is 9.97 Å². The second-order valence-electron chi connectivity index (χ2n) is 7.13. The van der Waals surface area contributed by atoms with Crippen molar-refractivity contribution in [2.45, 2.75) is 51.0 Å². The summed E-state index contributed by atoms with van der Waals surface area (Å²) in [6.07, 6.45) is 13.3. The predicted octanol–water partition coefficient (Wildman–Crippen LogP) is 2.50. The lowest BCUT2D eigenvalue weighted by atomic mass is 9.47. The zero-order valence-corrected chi connectivity index (χ0v) is 10.9. The van der Waals surface area contributed by atoms with E-state index in [0.29, 0.717) is 11.5 Å². The summed E-state index contributed by atoms with van der Waals surface area (Å²) in [6, 6.07) is 0.303. The van der Waals surface area contributed by atoms with Gasteiger partial charge in [0, 0.05) is 24.9 Å². The molecule has 4 aliphatic rings. The molecule has 4 fully saturated rings. The molecule has 1 unspecified atom stereocenters. The van der Waals surface area contributed by atoms with E-state index in [1.54, 1.807) is 0 Å².